The first-order chi connectivity index (χ1) is 7.23. The van der Waals surface area contributed by atoms with E-state index in [-0.39, 0.29) is 0 Å². The lowest BCUT2D eigenvalue weighted by molar-refractivity contribution is -0.134. The number of hydrogen-bond acceptors (Lipinski definition) is 2. The van der Waals surface area contributed by atoms with Crippen molar-refractivity contribution >= 4 is 6.08 Å². The summed E-state index contributed by atoms with van der Waals surface area (Å²) in [5.74, 6) is 0.385. The van der Waals surface area contributed by atoms with Crippen molar-refractivity contribution in [3.8, 4) is 5.75 Å². The van der Waals surface area contributed by atoms with Gasteiger partial charge in [-0.15, -0.1) is 0 Å². The second kappa shape index (κ2) is 4.07. The Hall–Kier alpha value is -1.28. The lowest BCUT2D eigenvalue weighted by atomic mass is 10.2. The predicted octanol–water partition coefficient (Wildman–Crippen LogP) is 3.24. The Morgan fingerprint density at radius 3 is 2.93 bits per heavy atom. The summed E-state index contributed by atoms with van der Waals surface area (Å²) in [6, 6.07) is 7.87. The topological polar surface area (TPSA) is 18.5 Å². The number of rotatable bonds is 3. The number of para-hydroxylation sites is 1. The van der Waals surface area contributed by atoms with Crippen molar-refractivity contribution in [2.45, 2.75) is 25.6 Å². The quantitative estimate of drug-likeness (QED) is 0.752. The van der Waals surface area contributed by atoms with E-state index in [1.165, 1.54) is 0 Å². The van der Waals surface area contributed by atoms with E-state index < -0.39 is 5.79 Å². The summed E-state index contributed by atoms with van der Waals surface area (Å²) >= 11 is 0. The Balaban J connectivity index is 2.19. The van der Waals surface area contributed by atoms with Crippen LogP contribution in [0.5, 0.6) is 5.75 Å². The molecule has 1 aliphatic rings. The standard InChI is InChI=1S/C13H16O2/c1-3-11-7-4-5-8-12(11)15-13(2)9-6-10-14-13/h3-5,7-8H,1,6,9-10H2,2H3. The molecule has 0 saturated carbocycles. The molecule has 1 aromatic rings. The first kappa shape index (κ1) is 10.2. The van der Waals surface area contributed by atoms with Crippen molar-refractivity contribution in [1.82, 2.24) is 0 Å². The van der Waals surface area contributed by atoms with E-state index in [0.717, 1.165) is 30.8 Å². The van der Waals surface area contributed by atoms with Gasteiger partial charge >= 0.3 is 0 Å². The Morgan fingerprint density at radius 1 is 1.47 bits per heavy atom. The minimum absolute atomic E-state index is 0.459. The van der Waals surface area contributed by atoms with Crippen LogP contribution in [0.25, 0.3) is 6.08 Å². The molecule has 2 rings (SSSR count). The summed E-state index contributed by atoms with van der Waals surface area (Å²) in [6.45, 7) is 6.54. The third-order valence-electron chi connectivity index (χ3n) is 2.65. The van der Waals surface area contributed by atoms with Gasteiger partial charge in [-0.1, -0.05) is 30.9 Å². The van der Waals surface area contributed by atoms with Gasteiger partial charge in [0, 0.05) is 18.9 Å². The van der Waals surface area contributed by atoms with E-state index in [4.69, 9.17) is 9.47 Å². The van der Waals surface area contributed by atoms with Crippen LogP contribution >= 0.6 is 0 Å². The molecular formula is C13H16O2. The molecule has 1 atom stereocenters. The molecule has 0 N–H and O–H groups in total. The third-order valence-corrected chi connectivity index (χ3v) is 2.65. The van der Waals surface area contributed by atoms with Crippen molar-refractivity contribution < 1.29 is 9.47 Å². The Labute approximate surface area is 90.5 Å². The van der Waals surface area contributed by atoms with Crippen LogP contribution in [0, 0.1) is 0 Å². The van der Waals surface area contributed by atoms with Crippen molar-refractivity contribution in [2.24, 2.45) is 0 Å². The molecule has 1 unspecified atom stereocenters. The van der Waals surface area contributed by atoms with Gasteiger partial charge in [0.05, 0.1) is 6.61 Å². The molecular weight excluding hydrogens is 188 g/mol. The molecule has 0 aromatic heterocycles. The molecule has 1 aliphatic heterocycles. The second-order valence-corrected chi connectivity index (χ2v) is 3.93. The van der Waals surface area contributed by atoms with Gasteiger partial charge in [0.15, 0.2) is 0 Å². The predicted molar refractivity (Wildman–Crippen MR) is 60.8 cm³/mol. The largest absolute Gasteiger partial charge is 0.462 e. The number of ether oxygens (including phenoxy) is 2. The van der Waals surface area contributed by atoms with Crippen molar-refractivity contribution in [3.05, 3.63) is 36.4 Å². The zero-order valence-electron chi connectivity index (χ0n) is 9.03. The van der Waals surface area contributed by atoms with Crippen LogP contribution in [0.2, 0.25) is 0 Å². The fourth-order valence-electron chi connectivity index (χ4n) is 1.81. The molecule has 0 aliphatic carbocycles. The summed E-state index contributed by atoms with van der Waals surface area (Å²) in [4.78, 5) is 0. The van der Waals surface area contributed by atoms with Gasteiger partial charge in [-0.05, 0) is 12.5 Å². The maximum atomic E-state index is 5.89. The lowest BCUT2D eigenvalue weighted by Gasteiger charge is -2.25. The molecule has 2 nitrogen and oxygen atoms in total. The van der Waals surface area contributed by atoms with Crippen LogP contribution in [0.3, 0.4) is 0 Å². The van der Waals surface area contributed by atoms with Crippen molar-refractivity contribution in [2.75, 3.05) is 6.61 Å². The molecule has 0 amide bonds. The fraction of sp³-hybridized carbons (Fsp3) is 0.385. The first-order valence-corrected chi connectivity index (χ1v) is 5.28. The van der Waals surface area contributed by atoms with Crippen molar-refractivity contribution in [1.29, 1.82) is 0 Å². The van der Waals surface area contributed by atoms with Crippen LogP contribution in [0.1, 0.15) is 25.3 Å². The number of hydrogen-bond donors (Lipinski definition) is 0. The molecule has 0 radical (unpaired) electrons. The maximum absolute atomic E-state index is 5.89. The molecule has 0 spiro atoms. The van der Waals surface area contributed by atoms with Crippen LogP contribution in [0.4, 0.5) is 0 Å². The van der Waals surface area contributed by atoms with E-state index in [9.17, 15) is 0 Å². The Kier molecular flexibility index (Phi) is 2.78. The highest BCUT2D eigenvalue weighted by atomic mass is 16.7. The van der Waals surface area contributed by atoms with E-state index in [0.29, 0.717) is 0 Å². The van der Waals surface area contributed by atoms with Crippen LogP contribution < -0.4 is 4.74 Å². The molecule has 2 heteroatoms. The third kappa shape index (κ3) is 2.21. The summed E-state index contributed by atoms with van der Waals surface area (Å²) in [7, 11) is 0. The maximum Gasteiger partial charge on any atom is 0.207 e. The smallest absolute Gasteiger partial charge is 0.207 e. The average molecular weight is 204 g/mol. The van der Waals surface area contributed by atoms with Gasteiger partial charge in [0.2, 0.25) is 5.79 Å². The lowest BCUT2D eigenvalue weighted by Crippen LogP contribution is -2.31. The fourth-order valence-corrected chi connectivity index (χ4v) is 1.81. The van der Waals surface area contributed by atoms with E-state index >= 15 is 0 Å². The second-order valence-electron chi connectivity index (χ2n) is 3.93. The molecule has 1 saturated heterocycles. The Bertz CT molecular complexity index is 351. The number of benzene rings is 1. The zero-order valence-corrected chi connectivity index (χ0v) is 9.03. The Morgan fingerprint density at radius 2 is 2.27 bits per heavy atom. The minimum atomic E-state index is -0.459. The molecule has 1 aromatic carbocycles. The van der Waals surface area contributed by atoms with Gasteiger partial charge in [0.25, 0.3) is 0 Å². The summed E-state index contributed by atoms with van der Waals surface area (Å²) < 4.78 is 11.5. The van der Waals surface area contributed by atoms with Crippen LogP contribution in [0.15, 0.2) is 30.8 Å². The van der Waals surface area contributed by atoms with Gasteiger partial charge in [-0.2, -0.15) is 0 Å². The first-order valence-electron chi connectivity index (χ1n) is 5.28. The highest BCUT2D eigenvalue weighted by molar-refractivity contribution is 5.55. The summed E-state index contributed by atoms with van der Waals surface area (Å²) in [5.41, 5.74) is 1.01. The molecule has 15 heavy (non-hydrogen) atoms. The van der Waals surface area contributed by atoms with E-state index in [1.54, 1.807) is 6.08 Å². The van der Waals surface area contributed by atoms with Gasteiger partial charge < -0.3 is 9.47 Å². The zero-order chi connectivity index (χ0) is 10.7. The monoisotopic (exact) mass is 204 g/mol. The van der Waals surface area contributed by atoms with Gasteiger partial charge in [-0.25, -0.2) is 0 Å². The van der Waals surface area contributed by atoms with E-state index in [1.807, 2.05) is 31.2 Å². The van der Waals surface area contributed by atoms with E-state index in [2.05, 4.69) is 6.58 Å². The molecule has 1 heterocycles. The van der Waals surface area contributed by atoms with Gasteiger partial charge in [0.1, 0.15) is 5.75 Å². The minimum Gasteiger partial charge on any atom is -0.462 e. The van der Waals surface area contributed by atoms with Crippen LogP contribution in [-0.4, -0.2) is 12.4 Å². The highest BCUT2D eigenvalue weighted by Crippen LogP contribution is 2.30. The molecule has 0 bridgehead atoms. The molecule has 1 fully saturated rings. The van der Waals surface area contributed by atoms with Crippen molar-refractivity contribution in [3.63, 3.8) is 0 Å². The van der Waals surface area contributed by atoms with Gasteiger partial charge in [-0.3, -0.25) is 0 Å². The summed E-state index contributed by atoms with van der Waals surface area (Å²) in [6.07, 6.45) is 3.80. The molecule has 80 valence electrons. The normalized spacial score (nSPS) is 25.1. The average Bonchev–Trinajstić information content (AvgIpc) is 2.66. The highest BCUT2D eigenvalue weighted by Gasteiger charge is 2.32. The summed E-state index contributed by atoms with van der Waals surface area (Å²) in [5, 5.41) is 0. The van der Waals surface area contributed by atoms with Crippen LogP contribution in [-0.2, 0) is 4.74 Å². The SMILES string of the molecule is C=Cc1ccccc1OC1(C)CCCO1.